The fraction of sp³-hybridized carbons (Fsp3) is 0. The van der Waals surface area contributed by atoms with Crippen molar-refractivity contribution >= 4 is 44.8 Å². The van der Waals surface area contributed by atoms with Crippen LogP contribution in [-0.2, 0) is 0 Å². The standard InChI is InChI=1S/C60H42/c1-5-18-43(19-6-1)45-32-36-50(37-33-45)57(48-22-9-3-10-23-48)41-53-40-52-27-14-16-30-55(52)60(56-31-17-28-47-26-13-15-29-54(47)56)59(53)42-58(49-24-11-4-12-25-49)51-38-34-46(35-39-51)44-20-7-2-8-21-44/h1-42H. The molecular weight excluding hydrogens is 721 g/mol. The zero-order chi connectivity index (χ0) is 40.1. The van der Waals surface area contributed by atoms with Crippen molar-refractivity contribution in [2.24, 2.45) is 0 Å². The van der Waals surface area contributed by atoms with Crippen LogP contribution in [0.3, 0.4) is 0 Å². The molecule has 0 heteroatoms. The summed E-state index contributed by atoms with van der Waals surface area (Å²) >= 11 is 0. The first-order chi connectivity index (χ1) is 29.8. The predicted molar refractivity (Wildman–Crippen MR) is 257 cm³/mol. The molecule has 10 aromatic rings. The van der Waals surface area contributed by atoms with Crippen LogP contribution in [0.5, 0.6) is 0 Å². The molecule has 10 rings (SSSR count). The molecule has 282 valence electrons. The molecule has 10 aromatic carbocycles. The van der Waals surface area contributed by atoms with Crippen LogP contribution in [0.15, 0.2) is 243 Å². The zero-order valence-electron chi connectivity index (χ0n) is 33.2. The van der Waals surface area contributed by atoms with Gasteiger partial charge in [0, 0.05) is 0 Å². The van der Waals surface area contributed by atoms with Gasteiger partial charge in [0.2, 0.25) is 0 Å². The van der Waals surface area contributed by atoms with Gasteiger partial charge in [-0.2, -0.15) is 0 Å². The van der Waals surface area contributed by atoms with Crippen LogP contribution >= 0.6 is 0 Å². The molecule has 0 nitrogen and oxygen atoms in total. The summed E-state index contributed by atoms with van der Waals surface area (Å²) in [7, 11) is 0. The summed E-state index contributed by atoms with van der Waals surface area (Å²) in [4.78, 5) is 0. The fourth-order valence-electron chi connectivity index (χ4n) is 8.54. The molecule has 0 radical (unpaired) electrons. The molecule has 0 spiro atoms. The van der Waals surface area contributed by atoms with Crippen molar-refractivity contribution in [3.63, 3.8) is 0 Å². The highest BCUT2D eigenvalue weighted by Gasteiger charge is 2.19. The Labute approximate surface area is 352 Å². The molecule has 0 amide bonds. The Morgan fingerprint density at radius 1 is 0.283 bits per heavy atom. The van der Waals surface area contributed by atoms with E-state index in [-0.39, 0.29) is 0 Å². The molecular formula is C60H42. The maximum atomic E-state index is 2.45. The van der Waals surface area contributed by atoms with Gasteiger partial charge < -0.3 is 0 Å². The minimum atomic E-state index is 1.15. The van der Waals surface area contributed by atoms with Crippen molar-refractivity contribution in [2.75, 3.05) is 0 Å². The van der Waals surface area contributed by atoms with Crippen LogP contribution in [0.2, 0.25) is 0 Å². The first-order valence-corrected chi connectivity index (χ1v) is 20.7. The third-order valence-electron chi connectivity index (χ3n) is 11.5. The van der Waals surface area contributed by atoms with Crippen molar-refractivity contribution in [3.05, 3.63) is 276 Å². The molecule has 0 aliphatic carbocycles. The highest BCUT2D eigenvalue weighted by Crippen LogP contribution is 2.43. The summed E-state index contributed by atoms with van der Waals surface area (Å²) in [5.41, 5.74) is 16.5. The van der Waals surface area contributed by atoms with Gasteiger partial charge in [-0.25, -0.2) is 0 Å². The van der Waals surface area contributed by atoms with Gasteiger partial charge in [0.05, 0.1) is 0 Å². The van der Waals surface area contributed by atoms with E-state index in [0.29, 0.717) is 0 Å². The lowest BCUT2D eigenvalue weighted by Crippen LogP contribution is -1.97. The average molecular weight is 763 g/mol. The minimum absolute atomic E-state index is 1.15. The van der Waals surface area contributed by atoms with E-state index in [9.17, 15) is 0 Å². The third-order valence-corrected chi connectivity index (χ3v) is 11.5. The van der Waals surface area contributed by atoms with Crippen molar-refractivity contribution < 1.29 is 0 Å². The molecule has 0 heterocycles. The number of hydrogen-bond acceptors (Lipinski definition) is 0. The van der Waals surface area contributed by atoms with Gasteiger partial charge in [-0.1, -0.05) is 237 Å². The Kier molecular flexibility index (Phi) is 10.1. The first kappa shape index (κ1) is 36.5. The average Bonchev–Trinajstić information content (AvgIpc) is 3.33. The monoisotopic (exact) mass is 762 g/mol. The van der Waals surface area contributed by atoms with E-state index in [4.69, 9.17) is 0 Å². The number of benzene rings is 10. The summed E-state index contributed by atoms with van der Waals surface area (Å²) < 4.78 is 0. The van der Waals surface area contributed by atoms with Gasteiger partial charge in [-0.05, 0) is 118 Å². The van der Waals surface area contributed by atoms with Gasteiger partial charge in [-0.3, -0.25) is 0 Å². The van der Waals surface area contributed by atoms with E-state index < -0.39 is 0 Å². The fourth-order valence-corrected chi connectivity index (χ4v) is 8.54. The van der Waals surface area contributed by atoms with Crippen LogP contribution < -0.4 is 0 Å². The first-order valence-electron chi connectivity index (χ1n) is 20.7. The van der Waals surface area contributed by atoms with Crippen LogP contribution in [0.1, 0.15) is 33.4 Å². The van der Waals surface area contributed by atoms with Gasteiger partial charge in [-0.15, -0.1) is 0 Å². The number of hydrogen-bond donors (Lipinski definition) is 0. The Balaban J connectivity index is 1.28. The molecule has 0 aliphatic heterocycles. The molecule has 0 aliphatic rings. The lowest BCUT2D eigenvalue weighted by Gasteiger charge is -2.20. The lowest BCUT2D eigenvalue weighted by atomic mass is 9.84. The maximum Gasteiger partial charge on any atom is -0.00204 e. The van der Waals surface area contributed by atoms with Crippen LogP contribution in [0, 0.1) is 0 Å². The molecule has 0 aromatic heterocycles. The predicted octanol–water partition coefficient (Wildman–Crippen LogP) is 16.2. The molecule has 0 bridgehead atoms. The van der Waals surface area contributed by atoms with Gasteiger partial charge in [0.25, 0.3) is 0 Å². The molecule has 0 saturated heterocycles. The van der Waals surface area contributed by atoms with Crippen molar-refractivity contribution in [3.8, 4) is 33.4 Å². The van der Waals surface area contributed by atoms with Crippen molar-refractivity contribution in [1.29, 1.82) is 0 Å². The molecule has 0 N–H and O–H groups in total. The molecule has 0 atom stereocenters. The number of rotatable bonds is 9. The second kappa shape index (κ2) is 16.6. The summed E-state index contributed by atoms with van der Waals surface area (Å²) in [6.45, 7) is 0. The Bertz CT molecular complexity index is 3110. The molecule has 0 fully saturated rings. The van der Waals surface area contributed by atoms with Gasteiger partial charge in [0.15, 0.2) is 0 Å². The zero-order valence-corrected chi connectivity index (χ0v) is 33.2. The van der Waals surface area contributed by atoms with Crippen molar-refractivity contribution in [1.82, 2.24) is 0 Å². The van der Waals surface area contributed by atoms with E-state index in [0.717, 1.165) is 33.4 Å². The third kappa shape index (κ3) is 7.39. The van der Waals surface area contributed by atoms with E-state index in [2.05, 4.69) is 255 Å². The summed E-state index contributed by atoms with van der Waals surface area (Å²) in [6, 6.07) is 87.7. The van der Waals surface area contributed by atoms with Crippen molar-refractivity contribution in [2.45, 2.75) is 0 Å². The summed E-state index contributed by atoms with van der Waals surface area (Å²) in [6.07, 6.45) is 4.87. The van der Waals surface area contributed by atoms with E-state index in [1.54, 1.807) is 0 Å². The number of fused-ring (bicyclic) bond motifs is 2. The Morgan fingerprint density at radius 3 is 1.23 bits per heavy atom. The summed E-state index contributed by atoms with van der Waals surface area (Å²) in [5, 5.41) is 4.87. The molecule has 60 heavy (non-hydrogen) atoms. The van der Waals surface area contributed by atoms with E-state index in [1.807, 2.05) is 0 Å². The van der Waals surface area contributed by atoms with Crippen LogP contribution in [0.25, 0.3) is 78.2 Å². The highest BCUT2D eigenvalue weighted by atomic mass is 14.2. The second-order valence-corrected chi connectivity index (χ2v) is 15.2. The minimum Gasteiger partial charge on any atom is -0.0622 e. The Hall–Kier alpha value is -7.80. The quantitative estimate of drug-likeness (QED) is 0.129. The molecule has 0 saturated carbocycles. The SMILES string of the molecule is C(=C(c1ccccc1)c1ccc(-c2ccccc2)cc1)c1cc2ccccc2c(-c2cccc3ccccc23)c1C=C(c1ccccc1)c1ccc(-c2ccccc2)cc1. The van der Waals surface area contributed by atoms with E-state index >= 15 is 0 Å². The highest BCUT2D eigenvalue weighted by molar-refractivity contribution is 6.12. The molecule has 0 unspecified atom stereocenters. The largest absolute Gasteiger partial charge is 0.0622 e. The maximum absolute atomic E-state index is 2.45. The second-order valence-electron chi connectivity index (χ2n) is 15.2. The normalized spacial score (nSPS) is 11.9. The smallest absolute Gasteiger partial charge is 0.00204 e. The van der Waals surface area contributed by atoms with Crippen LogP contribution in [0.4, 0.5) is 0 Å². The van der Waals surface area contributed by atoms with E-state index in [1.165, 1.54) is 66.1 Å². The lowest BCUT2D eigenvalue weighted by molar-refractivity contribution is 1.53. The van der Waals surface area contributed by atoms with Gasteiger partial charge in [0.1, 0.15) is 0 Å². The summed E-state index contributed by atoms with van der Waals surface area (Å²) in [5.74, 6) is 0. The van der Waals surface area contributed by atoms with Gasteiger partial charge >= 0.3 is 0 Å². The topological polar surface area (TPSA) is 0 Å². The Morgan fingerprint density at radius 2 is 0.683 bits per heavy atom. The van der Waals surface area contributed by atoms with Crippen LogP contribution in [-0.4, -0.2) is 0 Å².